The summed E-state index contributed by atoms with van der Waals surface area (Å²) in [5.74, 6) is 0. The lowest BCUT2D eigenvalue weighted by molar-refractivity contribution is 0.573. The van der Waals surface area contributed by atoms with Crippen molar-refractivity contribution in [3.05, 3.63) is 54.4 Å². The van der Waals surface area contributed by atoms with Crippen LogP contribution in [0.25, 0.3) is 0 Å². The highest BCUT2D eigenvalue weighted by molar-refractivity contribution is 7.89. The highest BCUT2D eigenvalue weighted by Gasteiger charge is 2.12. The average molecular weight is 264 g/mol. The summed E-state index contributed by atoms with van der Waals surface area (Å²) in [4.78, 5) is 0.315. The molecular formula is C13H16N2O2S. The second kappa shape index (κ2) is 5.37. The molecule has 1 heterocycles. The van der Waals surface area contributed by atoms with E-state index in [9.17, 15) is 8.42 Å². The Morgan fingerprint density at radius 2 is 1.89 bits per heavy atom. The van der Waals surface area contributed by atoms with E-state index in [1.54, 1.807) is 18.2 Å². The van der Waals surface area contributed by atoms with Gasteiger partial charge in [-0.15, -0.1) is 0 Å². The summed E-state index contributed by atoms with van der Waals surface area (Å²) < 4.78 is 28.5. The maximum atomic E-state index is 12.0. The van der Waals surface area contributed by atoms with Gasteiger partial charge in [-0.05, 0) is 36.8 Å². The number of nitrogens with zero attached hydrogens (tertiary/aromatic N) is 1. The van der Waals surface area contributed by atoms with E-state index >= 15 is 0 Å². The van der Waals surface area contributed by atoms with Gasteiger partial charge in [0, 0.05) is 25.5 Å². The molecule has 4 nitrogen and oxygen atoms in total. The lowest BCUT2D eigenvalue weighted by Gasteiger charge is -2.08. The van der Waals surface area contributed by atoms with Crippen molar-refractivity contribution in [1.29, 1.82) is 0 Å². The third kappa shape index (κ3) is 3.21. The van der Waals surface area contributed by atoms with E-state index in [0.29, 0.717) is 18.0 Å². The van der Waals surface area contributed by atoms with Gasteiger partial charge in [-0.1, -0.05) is 12.1 Å². The van der Waals surface area contributed by atoms with E-state index in [1.807, 2.05) is 42.1 Å². The van der Waals surface area contributed by atoms with Crippen LogP contribution < -0.4 is 4.72 Å². The van der Waals surface area contributed by atoms with Crippen molar-refractivity contribution in [2.24, 2.45) is 0 Å². The largest absolute Gasteiger partial charge is 0.353 e. The van der Waals surface area contributed by atoms with Crippen LogP contribution >= 0.6 is 0 Å². The smallest absolute Gasteiger partial charge is 0.240 e. The maximum Gasteiger partial charge on any atom is 0.240 e. The van der Waals surface area contributed by atoms with Gasteiger partial charge in [-0.2, -0.15) is 0 Å². The highest BCUT2D eigenvalue weighted by atomic mass is 32.2. The minimum atomic E-state index is -3.40. The van der Waals surface area contributed by atoms with Crippen LogP contribution in [0.1, 0.15) is 5.56 Å². The summed E-state index contributed by atoms with van der Waals surface area (Å²) in [6.07, 6.45) is 3.81. The van der Waals surface area contributed by atoms with Crippen LogP contribution in [0.3, 0.4) is 0 Å². The predicted octanol–water partition coefficient (Wildman–Crippen LogP) is 1.78. The van der Waals surface area contributed by atoms with Crippen LogP contribution in [0.15, 0.2) is 53.7 Å². The van der Waals surface area contributed by atoms with Crippen molar-refractivity contribution in [2.75, 3.05) is 6.54 Å². The summed E-state index contributed by atoms with van der Waals surface area (Å²) in [6.45, 7) is 2.88. The molecule has 1 aromatic heterocycles. The van der Waals surface area contributed by atoms with E-state index in [1.165, 1.54) is 0 Å². The maximum absolute atomic E-state index is 12.0. The normalized spacial score (nSPS) is 11.6. The Bertz CT molecular complexity index is 604. The molecule has 0 saturated heterocycles. The zero-order chi connectivity index (χ0) is 13.0. The summed E-state index contributed by atoms with van der Waals surface area (Å²) in [7, 11) is -3.40. The fourth-order valence-electron chi connectivity index (χ4n) is 1.69. The van der Waals surface area contributed by atoms with Gasteiger partial charge in [0.15, 0.2) is 0 Å². The molecule has 2 rings (SSSR count). The monoisotopic (exact) mass is 264 g/mol. The molecule has 5 heteroatoms. The van der Waals surface area contributed by atoms with Gasteiger partial charge in [-0.25, -0.2) is 13.1 Å². The van der Waals surface area contributed by atoms with Crippen LogP contribution in [0, 0.1) is 6.92 Å². The fourth-order valence-corrected chi connectivity index (χ4v) is 2.82. The topological polar surface area (TPSA) is 51.1 Å². The number of sulfonamides is 1. The van der Waals surface area contributed by atoms with E-state index in [2.05, 4.69) is 4.72 Å². The molecule has 1 N–H and O–H groups in total. The molecule has 0 bridgehead atoms. The first kappa shape index (κ1) is 12.9. The number of hydrogen-bond acceptors (Lipinski definition) is 2. The number of hydrogen-bond donors (Lipinski definition) is 1. The lowest BCUT2D eigenvalue weighted by atomic mass is 10.2. The molecule has 0 saturated carbocycles. The highest BCUT2D eigenvalue weighted by Crippen LogP contribution is 2.10. The van der Waals surface area contributed by atoms with Crippen molar-refractivity contribution in [3.8, 4) is 0 Å². The summed E-state index contributed by atoms with van der Waals surface area (Å²) >= 11 is 0. The first-order valence-corrected chi connectivity index (χ1v) is 7.23. The third-order valence-corrected chi connectivity index (χ3v) is 4.09. The number of nitrogens with one attached hydrogen (secondary N) is 1. The van der Waals surface area contributed by atoms with Gasteiger partial charge in [0.1, 0.15) is 0 Å². The second-order valence-electron chi connectivity index (χ2n) is 4.14. The molecule has 0 amide bonds. The molecule has 1 aromatic carbocycles. The van der Waals surface area contributed by atoms with Crippen molar-refractivity contribution < 1.29 is 8.42 Å². The zero-order valence-corrected chi connectivity index (χ0v) is 11.0. The Balaban J connectivity index is 1.99. The van der Waals surface area contributed by atoms with Crippen molar-refractivity contribution in [3.63, 3.8) is 0 Å². The van der Waals surface area contributed by atoms with E-state index < -0.39 is 10.0 Å². The number of rotatable bonds is 5. The number of aromatic nitrogens is 1. The lowest BCUT2D eigenvalue weighted by Crippen LogP contribution is -2.27. The molecule has 96 valence electrons. The van der Waals surface area contributed by atoms with E-state index in [0.717, 1.165) is 5.56 Å². The first-order chi connectivity index (χ1) is 8.58. The van der Waals surface area contributed by atoms with Gasteiger partial charge in [-0.3, -0.25) is 0 Å². The predicted molar refractivity (Wildman–Crippen MR) is 70.8 cm³/mol. The number of aryl methyl sites for hydroxylation is 1. The summed E-state index contributed by atoms with van der Waals surface area (Å²) in [5.41, 5.74) is 0.934. The molecule has 2 aromatic rings. The fraction of sp³-hybridized carbons (Fsp3) is 0.231. The quantitative estimate of drug-likeness (QED) is 0.895. The van der Waals surface area contributed by atoms with Crippen LogP contribution in [0.4, 0.5) is 0 Å². The Morgan fingerprint density at radius 1 is 1.17 bits per heavy atom. The van der Waals surface area contributed by atoms with Gasteiger partial charge >= 0.3 is 0 Å². The van der Waals surface area contributed by atoms with E-state index in [-0.39, 0.29) is 0 Å². The molecule has 0 fully saturated rings. The molecule has 0 atom stereocenters. The van der Waals surface area contributed by atoms with Crippen LogP contribution in [-0.4, -0.2) is 19.5 Å². The standard InChI is InChI=1S/C13H16N2O2S/c1-12-5-4-6-13(11-12)18(16,17)14-7-10-15-8-2-3-9-15/h2-6,8-9,11,14H,7,10H2,1H3. The molecule has 18 heavy (non-hydrogen) atoms. The second-order valence-corrected chi connectivity index (χ2v) is 5.90. The summed E-state index contributed by atoms with van der Waals surface area (Å²) in [6, 6.07) is 10.7. The molecule has 0 aliphatic carbocycles. The molecule has 0 aliphatic heterocycles. The zero-order valence-electron chi connectivity index (χ0n) is 10.2. The average Bonchev–Trinajstić information content (AvgIpc) is 2.82. The Morgan fingerprint density at radius 3 is 2.56 bits per heavy atom. The SMILES string of the molecule is Cc1cccc(S(=O)(=O)NCCn2cccc2)c1. The Hall–Kier alpha value is -1.59. The Kier molecular flexibility index (Phi) is 3.84. The molecule has 0 unspecified atom stereocenters. The molecule has 0 radical (unpaired) electrons. The first-order valence-electron chi connectivity index (χ1n) is 5.75. The van der Waals surface area contributed by atoms with E-state index in [4.69, 9.17) is 0 Å². The van der Waals surface area contributed by atoms with Crippen molar-refractivity contribution >= 4 is 10.0 Å². The van der Waals surface area contributed by atoms with Crippen molar-refractivity contribution in [2.45, 2.75) is 18.4 Å². The minimum Gasteiger partial charge on any atom is -0.353 e. The van der Waals surface area contributed by atoms with Crippen LogP contribution in [0.2, 0.25) is 0 Å². The summed E-state index contributed by atoms with van der Waals surface area (Å²) in [5, 5.41) is 0. The third-order valence-electron chi connectivity index (χ3n) is 2.63. The molecular weight excluding hydrogens is 248 g/mol. The molecule has 0 aliphatic rings. The van der Waals surface area contributed by atoms with Crippen molar-refractivity contribution in [1.82, 2.24) is 9.29 Å². The van der Waals surface area contributed by atoms with Gasteiger partial charge < -0.3 is 4.57 Å². The van der Waals surface area contributed by atoms with Crippen LogP contribution in [0.5, 0.6) is 0 Å². The minimum absolute atomic E-state index is 0.315. The van der Waals surface area contributed by atoms with Gasteiger partial charge in [0.05, 0.1) is 4.90 Å². The number of benzene rings is 1. The molecule has 0 spiro atoms. The van der Waals surface area contributed by atoms with Gasteiger partial charge in [0.25, 0.3) is 0 Å². The van der Waals surface area contributed by atoms with Crippen LogP contribution in [-0.2, 0) is 16.6 Å². The van der Waals surface area contributed by atoms with Gasteiger partial charge in [0.2, 0.25) is 10.0 Å². The Labute approximate surface area is 107 Å².